The molecule has 0 fully saturated rings. The monoisotopic (exact) mass is 313 g/mol. The summed E-state index contributed by atoms with van der Waals surface area (Å²) in [7, 11) is 0. The Morgan fingerprint density at radius 1 is 1.05 bits per heavy atom. The number of rotatable bonds is 5. The van der Waals surface area contributed by atoms with Gasteiger partial charge in [-0.05, 0) is 12.1 Å². The molecule has 3 rings (SSSR count). The Hall–Kier alpha value is -2.67. The maximum absolute atomic E-state index is 11.0. The molecule has 110 valence electrons. The van der Waals surface area contributed by atoms with Gasteiger partial charge in [-0.15, -0.1) is 10.2 Å². The van der Waals surface area contributed by atoms with Crippen LogP contribution in [0.5, 0.6) is 0 Å². The molecule has 0 radical (unpaired) electrons. The van der Waals surface area contributed by atoms with E-state index in [1.807, 2.05) is 30.3 Å². The molecule has 0 unspecified atom stereocenters. The molecule has 3 aromatic rings. The van der Waals surface area contributed by atoms with Crippen LogP contribution in [-0.2, 0) is 5.75 Å². The van der Waals surface area contributed by atoms with Crippen LogP contribution in [0.2, 0.25) is 0 Å². The fraction of sp³-hybridized carbons (Fsp3) is 0.0667. The molecule has 0 atom stereocenters. The van der Waals surface area contributed by atoms with Crippen molar-refractivity contribution >= 4 is 17.4 Å². The van der Waals surface area contributed by atoms with Crippen LogP contribution < -0.4 is 0 Å². The largest absolute Gasteiger partial charge is 0.411 e. The molecule has 0 N–H and O–H groups in total. The number of hydrogen-bond donors (Lipinski definition) is 0. The highest BCUT2D eigenvalue weighted by Gasteiger charge is 2.14. The van der Waals surface area contributed by atoms with Gasteiger partial charge in [0.05, 0.1) is 4.92 Å². The molecule has 6 nitrogen and oxygen atoms in total. The molecule has 0 bridgehead atoms. The quantitative estimate of drug-likeness (QED) is 0.403. The number of benzene rings is 2. The van der Waals surface area contributed by atoms with Crippen molar-refractivity contribution in [3.8, 4) is 11.5 Å². The number of aromatic nitrogens is 2. The first-order valence-electron chi connectivity index (χ1n) is 6.48. The average Bonchev–Trinajstić information content (AvgIpc) is 3.03. The van der Waals surface area contributed by atoms with Gasteiger partial charge in [0.1, 0.15) is 0 Å². The van der Waals surface area contributed by atoms with Crippen molar-refractivity contribution in [3.63, 3.8) is 0 Å². The molecule has 0 amide bonds. The third kappa shape index (κ3) is 3.15. The van der Waals surface area contributed by atoms with Crippen molar-refractivity contribution in [2.24, 2.45) is 0 Å². The summed E-state index contributed by atoms with van der Waals surface area (Å²) in [6.45, 7) is 0. The van der Waals surface area contributed by atoms with Gasteiger partial charge in [0, 0.05) is 22.9 Å². The van der Waals surface area contributed by atoms with Crippen molar-refractivity contribution in [2.75, 3.05) is 0 Å². The minimum Gasteiger partial charge on any atom is -0.411 e. The van der Waals surface area contributed by atoms with E-state index in [4.69, 9.17) is 4.42 Å². The number of nitro groups is 1. The Morgan fingerprint density at radius 3 is 2.55 bits per heavy atom. The van der Waals surface area contributed by atoms with E-state index in [0.29, 0.717) is 22.4 Å². The van der Waals surface area contributed by atoms with E-state index in [9.17, 15) is 10.1 Å². The first-order chi connectivity index (χ1) is 10.7. The van der Waals surface area contributed by atoms with Crippen LogP contribution >= 0.6 is 11.8 Å². The molecule has 22 heavy (non-hydrogen) atoms. The van der Waals surface area contributed by atoms with Crippen LogP contribution in [0, 0.1) is 10.1 Å². The molecule has 1 aromatic heterocycles. The Bertz CT molecular complexity index is 789. The Balaban J connectivity index is 1.73. The van der Waals surface area contributed by atoms with Gasteiger partial charge in [0.2, 0.25) is 5.89 Å². The normalized spacial score (nSPS) is 10.5. The van der Waals surface area contributed by atoms with Crippen LogP contribution in [0.3, 0.4) is 0 Å². The zero-order chi connectivity index (χ0) is 15.4. The lowest BCUT2D eigenvalue weighted by atomic mass is 10.2. The fourth-order valence-electron chi connectivity index (χ4n) is 1.92. The Morgan fingerprint density at radius 2 is 1.77 bits per heavy atom. The minimum atomic E-state index is -0.390. The van der Waals surface area contributed by atoms with Crippen LogP contribution in [0.25, 0.3) is 11.5 Å². The van der Waals surface area contributed by atoms with Crippen molar-refractivity contribution in [2.45, 2.75) is 11.0 Å². The fourth-order valence-corrected chi connectivity index (χ4v) is 2.68. The zero-order valence-electron chi connectivity index (χ0n) is 11.4. The average molecular weight is 313 g/mol. The standard InChI is InChI=1S/C15H11N3O3S/c19-18(20)13-9-5-4-8-12(13)10-22-15-17-16-14(21-15)11-6-2-1-3-7-11/h1-9H,10H2. The Labute approximate surface area is 130 Å². The van der Waals surface area contributed by atoms with Gasteiger partial charge in [-0.3, -0.25) is 10.1 Å². The van der Waals surface area contributed by atoms with Gasteiger partial charge in [-0.25, -0.2) is 0 Å². The van der Waals surface area contributed by atoms with Gasteiger partial charge < -0.3 is 4.42 Å². The summed E-state index contributed by atoms with van der Waals surface area (Å²) in [5.74, 6) is 0.832. The third-order valence-corrected chi connectivity index (χ3v) is 3.83. The van der Waals surface area contributed by atoms with Crippen LogP contribution in [0.1, 0.15) is 5.56 Å². The third-order valence-electron chi connectivity index (χ3n) is 2.97. The van der Waals surface area contributed by atoms with Crippen molar-refractivity contribution in [3.05, 3.63) is 70.3 Å². The highest BCUT2D eigenvalue weighted by Crippen LogP contribution is 2.28. The Kier molecular flexibility index (Phi) is 4.15. The summed E-state index contributed by atoms with van der Waals surface area (Å²) in [4.78, 5) is 10.6. The molecular weight excluding hydrogens is 302 g/mol. The molecular formula is C15H11N3O3S. The summed E-state index contributed by atoms with van der Waals surface area (Å²) in [5, 5.41) is 19.3. The predicted molar refractivity (Wildman–Crippen MR) is 82.4 cm³/mol. The highest BCUT2D eigenvalue weighted by molar-refractivity contribution is 7.98. The topological polar surface area (TPSA) is 82.1 Å². The lowest BCUT2D eigenvalue weighted by Crippen LogP contribution is -1.93. The van der Waals surface area contributed by atoms with E-state index in [-0.39, 0.29) is 10.6 Å². The van der Waals surface area contributed by atoms with Crippen LogP contribution in [0.15, 0.2) is 64.2 Å². The van der Waals surface area contributed by atoms with Gasteiger partial charge in [0.25, 0.3) is 10.9 Å². The SMILES string of the molecule is O=[N+]([O-])c1ccccc1CSc1nnc(-c2ccccc2)o1. The van der Waals surface area contributed by atoms with Crippen LogP contribution in [-0.4, -0.2) is 15.1 Å². The highest BCUT2D eigenvalue weighted by atomic mass is 32.2. The second-order valence-corrected chi connectivity index (χ2v) is 5.34. The zero-order valence-corrected chi connectivity index (χ0v) is 12.2. The van der Waals surface area contributed by atoms with Crippen molar-refractivity contribution < 1.29 is 9.34 Å². The van der Waals surface area contributed by atoms with E-state index >= 15 is 0 Å². The molecule has 0 saturated heterocycles. The molecule has 0 aliphatic heterocycles. The smallest absolute Gasteiger partial charge is 0.277 e. The van der Waals surface area contributed by atoms with Crippen molar-refractivity contribution in [1.82, 2.24) is 10.2 Å². The predicted octanol–water partition coefficient (Wildman–Crippen LogP) is 3.94. The molecule has 0 spiro atoms. The second-order valence-electron chi connectivity index (χ2n) is 4.41. The first kappa shape index (κ1) is 14.3. The number of hydrogen-bond acceptors (Lipinski definition) is 6. The lowest BCUT2D eigenvalue weighted by molar-refractivity contribution is -0.385. The van der Waals surface area contributed by atoms with Gasteiger partial charge in [-0.2, -0.15) is 0 Å². The summed E-state index contributed by atoms with van der Waals surface area (Å²) in [6.07, 6.45) is 0. The minimum absolute atomic E-state index is 0.0952. The summed E-state index contributed by atoms with van der Waals surface area (Å²) >= 11 is 1.28. The molecule has 7 heteroatoms. The molecule has 2 aromatic carbocycles. The maximum Gasteiger partial charge on any atom is 0.277 e. The molecule has 0 aliphatic rings. The number of para-hydroxylation sites is 1. The van der Waals surface area contributed by atoms with Gasteiger partial charge in [0.15, 0.2) is 0 Å². The summed E-state index contributed by atoms with van der Waals surface area (Å²) < 4.78 is 5.56. The van der Waals surface area contributed by atoms with Crippen molar-refractivity contribution in [1.29, 1.82) is 0 Å². The molecule has 0 saturated carbocycles. The lowest BCUT2D eigenvalue weighted by Gasteiger charge is -1.99. The van der Waals surface area contributed by atoms with E-state index < -0.39 is 0 Å². The number of nitro benzene ring substituents is 1. The summed E-state index contributed by atoms with van der Waals surface area (Å²) in [5.41, 5.74) is 1.56. The van der Waals surface area contributed by atoms with E-state index in [0.717, 1.165) is 5.56 Å². The second kappa shape index (κ2) is 6.40. The van der Waals surface area contributed by atoms with E-state index in [2.05, 4.69) is 10.2 Å². The molecule has 0 aliphatic carbocycles. The van der Waals surface area contributed by atoms with E-state index in [1.54, 1.807) is 18.2 Å². The number of thioether (sulfide) groups is 1. The van der Waals surface area contributed by atoms with Crippen LogP contribution in [0.4, 0.5) is 5.69 Å². The van der Waals surface area contributed by atoms with Gasteiger partial charge in [-0.1, -0.05) is 48.2 Å². The number of nitrogens with zero attached hydrogens (tertiary/aromatic N) is 3. The first-order valence-corrected chi connectivity index (χ1v) is 7.46. The van der Waals surface area contributed by atoms with Gasteiger partial charge >= 0.3 is 0 Å². The molecule has 1 heterocycles. The van der Waals surface area contributed by atoms with E-state index in [1.165, 1.54) is 17.8 Å². The maximum atomic E-state index is 11.0. The summed E-state index contributed by atoms with van der Waals surface area (Å²) in [6, 6.07) is 16.1.